The molecule has 1 aromatic heterocycles. The number of hydrogen-bond donors (Lipinski definition) is 2. The highest BCUT2D eigenvalue weighted by atomic mass is 16.2. The van der Waals surface area contributed by atoms with Crippen LogP contribution in [-0.4, -0.2) is 42.5 Å². The van der Waals surface area contributed by atoms with Gasteiger partial charge < -0.3 is 15.5 Å². The van der Waals surface area contributed by atoms with Crippen molar-refractivity contribution in [3.05, 3.63) is 30.1 Å². The molecule has 0 saturated heterocycles. The lowest BCUT2D eigenvalue weighted by molar-refractivity contribution is -0.121. The summed E-state index contributed by atoms with van der Waals surface area (Å²) in [4.78, 5) is 28.9. The summed E-state index contributed by atoms with van der Waals surface area (Å²) in [5, 5.41) is 5.50. The van der Waals surface area contributed by atoms with Crippen molar-refractivity contribution in [2.75, 3.05) is 20.6 Å². The fourth-order valence-electron chi connectivity index (χ4n) is 1.89. The first kappa shape index (κ1) is 16.9. The molecule has 0 fully saturated rings. The molecule has 0 saturated carbocycles. The Labute approximate surface area is 125 Å². The Bertz CT molecular complexity index is 460. The van der Waals surface area contributed by atoms with Gasteiger partial charge >= 0.3 is 6.03 Å². The predicted molar refractivity (Wildman–Crippen MR) is 81.7 cm³/mol. The Morgan fingerprint density at radius 2 is 2.05 bits per heavy atom. The Hall–Kier alpha value is -2.11. The normalized spacial score (nSPS) is 11.9. The van der Waals surface area contributed by atoms with E-state index in [1.165, 1.54) is 4.90 Å². The standard InChI is InChI=1S/C15H24N4O2/c1-11(2)8-13(12-6-5-7-16-9-12)18-14(20)10-17-15(21)19(3)4/h5-7,9,11,13H,8,10H2,1-4H3,(H,17,21)(H,18,20). The Kier molecular flexibility index (Phi) is 6.65. The molecule has 0 aliphatic rings. The summed E-state index contributed by atoms with van der Waals surface area (Å²) in [5.74, 6) is 0.228. The first-order chi connectivity index (χ1) is 9.90. The van der Waals surface area contributed by atoms with Crippen molar-refractivity contribution < 1.29 is 9.59 Å². The minimum atomic E-state index is -0.285. The van der Waals surface area contributed by atoms with Crippen LogP contribution in [-0.2, 0) is 4.79 Å². The molecule has 3 amide bonds. The molecule has 2 N–H and O–H groups in total. The number of carbonyl (C=O) groups excluding carboxylic acids is 2. The topological polar surface area (TPSA) is 74.3 Å². The fourth-order valence-corrected chi connectivity index (χ4v) is 1.89. The summed E-state index contributed by atoms with van der Waals surface area (Å²) in [5.41, 5.74) is 0.971. The van der Waals surface area contributed by atoms with Crippen LogP contribution >= 0.6 is 0 Å². The number of hydrogen-bond acceptors (Lipinski definition) is 3. The van der Waals surface area contributed by atoms with Gasteiger partial charge in [-0.15, -0.1) is 0 Å². The van der Waals surface area contributed by atoms with Crippen molar-refractivity contribution in [2.24, 2.45) is 5.92 Å². The van der Waals surface area contributed by atoms with Crippen LogP contribution in [0, 0.1) is 5.92 Å². The van der Waals surface area contributed by atoms with E-state index in [-0.39, 0.29) is 24.5 Å². The number of carbonyl (C=O) groups is 2. The van der Waals surface area contributed by atoms with E-state index in [4.69, 9.17) is 0 Å². The van der Waals surface area contributed by atoms with Gasteiger partial charge in [-0.05, 0) is 24.0 Å². The van der Waals surface area contributed by atoms with Gasteiger partial charge in [0, 0.05) is 26.5 Å². The van der Waals surface area contributed by atoms with E-state index >= 15 is 0 Å². The number of rotatable bonds is 6. The summed E-state index contributed by atoms with van der Waals surface area (Å²) in [6, 6.07) is 3.41. The van der Waals surface area contributed by atoms with Crippen molar-refractivity contribution in [1.82, 2.24) is 20.5 Å². The lowest BCUT2D eigenvalue weighted by Crippen LogP contribution is -2.42. The summed E-state index contributed by atoms with van der Waals surface area (Å²) in [6.45, 7) is 4.17. The van der Waals surface area contributed by atoms with Gasteiger partial charge in [0.05, 0.1) is 12.6 Å². The van der Waals surface area contributed by atoms with Crippen LogP contribution in [0.2, 0.25) is 0 Å². The zero-order chi connectivity index (χ0) is 15.8. The van der Waals surface area contributed by atoms with Gasteiger partial charge in [-0.3, -0.25) is 9.78 Å². The van der Waals surface area contributed by atoms with Gasteiger partial charge in [0.25, 0.3) is 0 Å². The maximum atomic E-state index is 12.0. The second-order valence-corrected chi connectivity index (χ2v) is 5.59. The molecule has 0 aromatic carbocycles. The molecule has 6 heteroatoms. The molecule has 1 heterocycles. The third-order valence-corrected chi connectivity index (χ3v) is 2.94. The molecule has 1 aromatic rings. The van der Waals surface area contributed by atoms with Crippen LogP contribution in [0.3, 0.4) is 0 Å². The maximum Gasteiger partial charge on any atom is 0.317 e. The average Bonchev–Trinajstić information content (AvgIpc) is 2.44. The van der Waals surface area contributed by atoms with E-state index in [9.17, 15) is 9.59 Å². The molecule has 6 nitrogen and oxygen atoms in total. The average molecular weight is 292 g/mol. The Balaban J connectivity index is 2.61. The molecule has 21 heavy (non-hydrogen) atoms. The van der Waals surface area contributed by atoms with Crippen molar-refractivity contribution in [2.45, 2.75) is 26.3 Å². The van der Waals surface area contributed by atoms with Gasteiger partial charge in [0.2, 0.25) is 5.91 Å². The van der Waals surface area contributed by atoms with Crippen molar-refractivity contribution in [3.8, 4) is 0 Å². The summed E-state index contributed by atoms with van der Waals surface area (Å²) < 4.78 is 0. The van der Waals surface area contributed by atoms with Crippen molar-refractivity contribution in [3.63, 3.8) is 0 Å². The first-order valence-electron chi connectivity index (χ1n) is 7.04. The Morgan fingerprint density at radius 1 is 1.33 bits per heavy atom. The zero-order valence-electron chi connectivity index (χ0n) is 13.1. The smallest absolute Gasteiger partial charge is 0.317 e. The molecular formula is C15H24N4O2. The monoisotopic (exact) mass is 292 g/mol. The molecule has 0 radical (unpaired) electrons. The molecule has 0 bridgehead atoms. The molecule has 1 atom stereocenters. The molecule has 1 unspecified atom stereocenters. The quantitative estimate of drug-likeness (QED) is 0.835. The largest absolute Gasteiger partial charge is 0.348 e. The molecule has 0 aliphatic carbocycles. The van der Waals surface area contributed by atoms with E-state index in [2.05, 4.69) is 29.5 Å². The molecule has 116 valence electrons. The van der Waals surface area contributed by atoms with Gasteiger partial charge in [-0.1, -0.05) is 19.9 Å². The second kappa shape index (κ2) is 8.24. The summed E-state index contributed by atoms with van der Waals surface area (Å²) in [7, 11) is 3.26. The highest BCUT2D eigenvalue weighted by Crippen LogP contribution is 2.20. The van der Waals surface area contributed by atoms with E-state index in [1.54, 1.807) is 26.5 Å². The van der Waals surface area contributed by atoms with E-state index in [1.807, 2.05) is 12.1 Å². The van der Waals surface area contributed by atoms with Gasteiger partial charge in [-0.2, -0.15) is 0 Å². The van der Waals surface area contributed by atoms with Crippen LogP contribution in [0.25, 0.3) is 0 Å². The maximum absolute atomic E-state index is 12.0. The summed E-state index contributed by atoms with van der Waals surface area (Å²) in [6.07, 6.45) is 4.28. The fraction of sp³-hybridized carbons (Fsp3) is 0.533. The Morgan fingerprint density at radius 3 is 2.57 bits per heavy atom. The number of nitrogens with zero attached hydrogens (tertiary/aromatic N) is 2. The second-order valence-electron chi connectivity index (χ2n) is 5.59. The third-order valence-electron chi connectivity index (χ3n) is 2.94. The van der Waals surface area contributed by atoms with Crippen LogP contribution in [0.4, 0.5) is 4.79 Å². The molecule has 0 aliphatic heterocycles. The van der Waals surface area contributed by atoms with Crippen LogP contribution in [0.1, 0.15) is 31.9 Å². The highest BCUT2D eigenvalue weighted by Gasteiger charge is 2.16. The summed E-state index contributed by atoms with van der Waals surface area (Å²) >= 11 is 0. The molecule has 1 rings (SSSR count). The number of amides is 3. The van der Waals surface area contributed by atoms with Crippen LogP contribution < -0.4 is 10.6 Å². The van der Waals surface area contributed by atoms with Crippen molar-refractivity contribution >= 4 is 11.9 Å². The minimum absolute atomic E-state index is 0.0358. The lowest BCUT2D eigenvalue weighted by Gasteiger charge is -2.21. The number of pyridine rings is 1. The van der Waals surface area contributed by atoms with Crippen LogP contribution in [0.5, 0.6) is 0 Å². The highest BCUT2D eigenvalue weighted by molar-refractivity contribution is 5.84. The number of nitrogens with one attached hydrogen (secondary N) is 2. The van der Waals surface area contributed by atoms with Gasteiger partial charge in [-0.25, -0.2) is 4.79 Å². The molecule has 0 spiro atoms. The molecular weight excluding hydrogens is 268 g/mol. The van der Waals surface area contributed by atoms with Gasteiger partial charge in [0.15, 0.2) is 0 Å². The SMILES string of the molecule is CC(C)CC(NC(=O)CNC(=O)N(C)C)c1cccnc1. The number of aromatic nitrogens is 1. The first-order valence-corrected chi connectivity index (χ1v) is 7.04. The predicted octanol–water partition coefficient (Wildman–Crippen LogP) is 1.56. The lowest BCUT2D eigenvalue weighted by atomic mass is 9.98. The third kappa shape index (κ3) is 6.25. The number of urea groups is 1. The van der Waals surface area contributed by atoms with Crippen molar-refractivity contribution in [1.29, 1.82) is 0 Å². The van der Waals surface area contributed by atoms with E-state index in [0.29, 0.717) is 5.92 Å². The van der Waals surface area contributed by atoms with E-state index in [0.717, 1.165) is 12.0 Å². The zero-order valence-corrected chi connectivity index (χ0v) is 13.1. The van der Waals surface area contributed by atoms with Crippen LogP contribution in [0.15, 0.2) is 24.5 Å². The minimum Gasteiger partial charge on any atom is -0.348 e. The van der Waals surface area contributed by atoms with E-state index < -0.39 is 0 Å². The van der Waals surface area contributed by atoms with Gasteiger partial charge in [0.1, 0.15) is 0 Å².